The van der Waals surface area contributed by atoms with Crippen molar-refractivity contribution in [1.82, 2.24) is 0 Å². The van der Waals surface area contributed by atoms with Crippen molar-refractivity contribution in [2.45, 2.75) is 39.5 Å². The molecule has 1 aliphatic rings. The molecule has 0 spiro atoms. The first-order chi connectivity index (χ1) is 7.66. The van der Waals surface area contributed by atoms with E-state index in [4.69, 9.17) is 0 Å². The van der Waals surface area contributed by atoms with Crippen molar-refractivity contribution in [3.8, 4) is 5.75 Å². The van der Waals surface area contributed by atoms with Gasteiger partial charge in [-0.25, -0.2) is 0 Å². The summed E-state index contributed by atoms with van der Waals surface area (Å²) >= 11 is 0. The fourth-order valence-corrected chi connectivity index (χ4v) is 2.34. The van der Waals surface area contributed by atoms with Crippen molar-refractivity contribution in [1.29, 1.82) is 0 Å². The zero-order valence-electron chi connectivity index (χ0n) is 10.2. The van der Waals surface area contributed by atoms with Crippen LogP contribution in [0, 0.1) is 5.92 Å². The van der Waals surface area contributed by atoms with Gasteiger partial charge in [0.1, 0.15) is 5.75 Å². The maximum atomic E-state index is 9.41. The molecular weight excluding hydrogens is 196 g/mol. The lowest BCUT2D eigenvalue weighted by molar-refractivity contribution is 0.474. The molecule has 1 heteroatoms. The molecule has 0 aliphatic heterocycles. The Hall–Kier alpha value is -1.24. The van der Waals surface area contributed by atoms with Crippen LogP contribution in [0.2, 0.25) is 0 Å². The second-order valence-corrected chi connectivity index (χ2v) is 5.06. The van der Waals surface area contributed by atoms with Gasteiger partial charge >= 0.3 is 0 Å². The minimum absolute atomic E-state index is 0.385. The summed E-state index contributed by atoms with van der Waals surface area (Å²) in [6, 6.07) is 5.74. The molecule has 0 saturated heterocycles. The van der Waals surface area contributed by atoms with Crippen LogP contribution in [0.3, 0.4) is 0 Å². The highest BCUT2D eigenvalue weighted by atomic mass is 16.3. The SMILES string of the molecule is CC(C)CCCC1=CCc2cc(O)ccc21. The Labute approximate surface area is 97.8 Å². The highest BCUT2D eigenvalue weighted by molar-refractivity contribution is 5.73. The van der Waals surface area contributed by atoms with E-state index in [0.29, 0.717) is 5.75 Å². The Kier molecular flexibility index (Phi) is 3.33. The molecule has 0 heterocycles. The maximum Gasteiger partial charge on any atom is 0.115 e. The monoisotopic (exact) mass is 216 g/mol. The lowest BCUT2D eigenvalue weighted by atomic mass is 9.98. The summed E-state index contributed by atoms with van der Waals surface area (Å²) in [5.41, 5.74) is 4.09. The quantitative estimate of drug-likeness (QED) is 0.801. The number of fused-ring (bicyclic) bond motifs is 1. The number of benzene rings is 1. The lowest BCUT2D eigenvalue weighted by Gasteiger charge is -2.07. The van der Waals surface area contributed by atoms with Crippen LogP contribution in [0.4, 0.5) is 0 Å². The summed E-state index contributed by atoms with van der Waals surface area (Å²) in [6.45, 7) is 4.55. The van der Waals surface area contributed by atoms with Gasteiger partial charge in [0.2, 0.25) is 0 Å². The molecule has 2 rings (SSSR count). The maximum absolute atomic E-state index is 9.41. The molecule has 0 radical (unpaired) electrons. The fraction of sp³-hybridized carbons (Fsp3) is 0.467. The second-order valence-electron chi connectivity index (χ2n) is 5.06. The molecule has 1 N–H and O–H groups in total. The first-order valence-corrected chi connectivity index (χ1v) is 6.18. The Morgan fingerprint density at radius 3 is 2.88 bits per heavy atom. The smallest absolute Gasteiger partial charge is 0.115 e. The van der Waals surface area contributed by atoms with Crippen LogP contribution in [-0.4, -0.2) is 5.11 Å². The Morgan fingerprint density at radius 1 is 1.31 bits per heavy atom. The number of hydrogen-bond acceptors (Lipinski definition) is 1. The van der Waals surface area contributed by atoms with E-state index in [1.807, 2.05) is 6.07 Å². The molecule has 0 aromatic heterocycles. The first-order valence-electron chi connectivity index (χ1n) is 6.18. The van der Waals surface area contributed by atoms with E-state index < -0.39 is 0 Å². The molecule has 0 amide bonds. The van der Waals surface area contributed by atoms with Gasteiger partial charge in [-0.2, -0.15) is 0 Å². The molecule has 0 unspecified atom stereocenters. The van der Waals surface area contributed by atoms with Gasteiger partial charge in [0.25, 0.3) is 0 Å². The van der Waals surface area contributed by atoms with Gasteiger partial charge in [0.15, 0.2) is 0 Å². The minimum Gasteiger partial charge on any atom is -0.508 e. The summed E-state index contributed by atoms with van der Waals surface area (Å²) < 4.78 is 0. The van der Waals surface area contributed by atoms with Gasteiger partial charge in [0, 0.05) is 0 Å². The number of phenols is 1. The topological polar surface area (TPSA) is 20.2 Å². The van der Waals surface area contributed by atoms with E-state index >= 15 is 0 Å². The number of rotatable bonds is 4. The average molecular weight is 216 g/mol. The van der Waals surface area contributed by atoms with E-state index in [9.17, 15) is 5.11 Å². The van der Waals surface area contributed by atoms with Crippen molar-refractivity contribution in [3.05, 3.63) is 35.4 Å². The molecule has 16 heavy (non-hydrogen) atoms. The van der Waals surface area contributed by atoms with E-state index in [2.05, 4.69) is 26.0 Å². The van der Waals surface area contributed by atoms with Crippen LogP contribution in [0.15, 0.2) is 24.3 Å². The van der Waals surface area contributed by atoms with E-state index in [1.165, 1.54) is 36.0 Å². The predicted octanol–water partition coefficient (Wildman–Crippen LogP) is 4.16. The third-order valence-electron chi connectivity index (χ3n) is 3.23. The largest absolute Gasteiger partial charge is 0.508 e. The van der Waals surface area contributed by atoms with Gasteiger partial charge in [-0.15, -0.1) is 0 Å². The molecule has 0 bridgehead atoms. The zero-order valence-corrected chi connectivity index (χ0v) is 10.2. The number of hydrogen-bond donors (Lipinski definition) is 1. The third-order valence-corrected chi connectivity index (χ3v) is 3.23. The van der Waals surface area contributed by atoms with Crippen LogP contribution in [0.25, 0.3) is 5.57 Å². The zero-order chi connectivity index (χ0) is 11.5. The molecule has 1 aliphatic carbocycles. The van der Waals surface area contributed by atoms with Crippen LogP contribution in [-0.2, 0) is 6.42 Å². The molecule has 1 nitrogen and oxygen atoms in total. The second kappa shape index (κ2) is 4.73. The molecule has 0 atom stereocenters. The number of allylic oxidation sites excluding steroid dienone is 2. The Balaban J connectivity index is 2.00. The van der Waals surface area contributed by atoms with E-state index in [-0.39, 0.29) is 0 Å². The molecule has 0 saturated carbocycles. The van der Waals surface area contributed by atoms with Crippen molar-refractivity contribution >= 4 is 5.57 Å². The van der Waals surface area contributed by atoms with Crippen LogP contribution in [0.5, 0.6) is 5.75 Å². The summed E-state index contributed by atoms with van der Waals surface area (Å²) in [6.07, 6.45) is 7.04. The Bertz CT molecular complexity index is 402. The summed E-state index contributed by atoms with van der Waals surface area (Å²) in [4.78, 5) is 0. The lowest BCUT2D eigenvalue weighted by Crippen LogP contribution is -1.89. The van der Waals surface area contributed by atoms with Crippen molar-refractivity contribution in [2.24, 2.45) is 5.92 Å². The van der Waals surface area contributed by atoms with Gasteiger partial charge in [-0.05, 0) is 54.0 Å². The predicted molar refractivity (Wildman–Crippen MR) is 68.5 cm³/mol. The standard InChI is InChI=1S/C15H20O/c1-11(2)4-3-5-12-6-7-13-10-14(16)8-9-15(12)13/h6,8-11,16H,3-5,7H2,1-2H3. The molecule has 1 aromatic rings. The van der Waals surface area contributed by atoms with E-state index in [0.717, 1.165) is 12.3 Å². The van der Waals surface area contributed by atoms with Gasteiger partial charge < -0.3 is 5.11 Å². The first kappa shape index (κ1) is 11.3. The van der Waals surface area contributed by atoms with Crippen LogP contribution >= 0.6 is 0 Å². The molecule has 0 fully saturated rings. The van der Waals surface area contributed by atoms with Crippen LogP contribution < -0.4 is 0 Å². The third kappa shape index (κ3) is 2.46. The average Bonchev–Trinajstić information content (AvgIpc) is 2.60. The summed E-state index contributed by atoms with van der Waals surface area (Å²) in [5.74, 6) is 1.18. The van der Waals surface area contributed by atoms with Gasteiger partial charge in [-0.1, -0.05) is 32.4 Å². The highest BCUT2D eigenvalue weighted by Crippen LogP contribution is 2.33. The highest BCUT2D eigenvalue weighted by Gasteiger charge is 2.13. The minimum atomic E-state index is 0.385. The van der Waals surface area contributed by atoms with Crippen molar-refractivity contribution in [3.63, 3.8) is 0 Å². The normalized spacial score (nSPS) is 14.1. The summed E-state index contributed by atoms with van der Waals surface area (Å²) in [5, 5.41) is 9.41. The molecule has 1 aromatic carbocycles. The molecule has 86 valence electrons. The van der Waals surface area contributed by atoms with E-state index in [1.54, 1.807) is 6.07 Å². The van der Waals surface area contributed by atoms with Crippen molar-refractivity contribution < 1.29 is 5.11 Å². The van der Waals surface area contributed by atoms with Crippen LogP contribution in [0.1, 0.15) is 44.2 Å². The van der Waals surface area contributed by atoms with Crippen molar-refractivity contribution in [2.75, 3.05) is 0 Å². The fourth-order valence-electron chi connectivity index (χ4n) is 2.34. The van der Waals surface area contributed by atoms with Gasteiger partial charge in [0.05, 0.1) is 0 Å². The Morgan fingerprint density at radius 2 is 2.12 bits per heavy atom. The molecular formula is C15H20O. The summed E-state index contributed by atoms with van der Waals surface area (Å²) in [7, 11) is 0. The van der Waals surface area contributed by atoms with Gasteiger partial charge in [-0.3, -0.25) is 0 Å². The number of phenolic OH excluding ortho intramolecular Hbond substituents is 1. The number of aromatic hydroxyl groups is 1.